The molecule has 0 radical (unpaired) electrons. The molecule has 0 aromatic carbocycles. The number of ether oxygens (including phenoxy) is 1. The third-order valence-electron chi connectivity index (χ3n) is 2.48. The molecule has 1 fully saturated rings. The number of hydrogen-bond donors (Lipinski definition) is 2. The maximum Gasteiger partial charge on any atom is 0.157 e. The summed E-state index contributed by atoms with van der Waals surface area (Å²) in [5.41, 5.74) is -1.83. The van der Waals surface area contributed by atoms with E-state index < -0.39 is 18.9 Å². The third kappa shape index (κ3) is 3.21. The highest BCUT2D eigenvalue weighted by Crippen LogP contribution is 2.26. The fourth-order valence-corrected chi connectivity index (χ4v) is 1.66. The topological polar surface area (TPSA) is 49.7 Å². The second-order valence-corrected chi connectivity index (χ2v) is 3.75. The van der Waals surface area contributed by atoms with Gasteiger partial charge in [0.05, 0.1) is 13.2 Å². The molecule has 3 nitrogen and oxygen atoms in total. The largest absolute Gasteiger partial charge is 0.393 e. The summed E-state index contributed by atoms with van der Waals surface area (Å²) >= 11 is 0. The van der Waals surface area contributed by atoms with Crippen LogP contribution in [0, 0.1) is 5.92 Å². The van der Waals surface area contributed by atoms with Gasteiger partial charge in [-0.3, -0.25) is 0 Å². The molecule has 1 saturated heterocycles. The molecule has 78 valence electrons. The van der Waals surface area contributed by atoms with E-state index in [2.05, 4.69) is 0 Å². The van der Waals surface area contributed by atoms with E-state index in [9.17, 15) is 4.39 Å². The molecular weight excluding hydrogens is 175 g/mol. The zero-order chi connectivity index (χ0) is 9.73. The van der Waals surface area contributed by atoms with Crippen molar-refractivity contribution in [3.8, 4) is 0 Å². The molecule has 1 aliphatic heterocycles. The van der Waals surface area contributed by atoms with Gasteiger partial charge >= 0.3 is 0 Å². The molecule has 0 unspecified atom stereocenters. The van der Waals surface area contributed by atoms with E-state index in [0.717, 1.165) is 19.4 Å². The molecule has 0 bridgehead atoms. The van der Waals surface area contributed by atoms with Crippen LogP contribution >= 0.6 is 0 Å². The van der Waals surface area contributed by atoms with Crippen LogP contribution in [0.15, 0.2) is 0 Å². The molecule has 1 aliphatic rings. The molecule has 0 aromatic rings. The number of aliphatic hydroxyl groups excluding tert-OH is 2. The van der Waals surface area contributed by atoms with Gasteiger partial charge in [-0.2, -0.15) is 0 Å². The van der Waals surface area contributed by atoms with Crippen LogP contribution in [0.4, 0.5) is 4.39 Å². The summed E-state index contributed by atoms with van der Waals surface area (Å²) in [5.74, 6) is 0.137. The zero-order valence-corrected chi connectivity index (χ0v) is 7.71. The predicted molar refractivity (Wildman–Crippen MR) is 46.2 cm³/mol. The lowest BCUT2D eigenvalue weighted by atomic mass is 9.89. The number of hydrogen-bond acceptors (Lipinski definition) is 3. The molecule has 1 rings (SSSR count). The van der Waals surface area contributed by atoms with E-state index in [1.807, 2.05) is 0 Å². The summed E-state index contributed by atoms with van der Waals surface area (Å²) in [6, 6.07) is 0. The maximum atomic E-state index is 13.5. The SMILES string of the molecule is OCC(F)(CO)C[C@H]1CCCOC1. The minimum absolute atomic E-state index is 0.137. The Labute approximate surface area is 77.5 Å². The molecule has 0 saturated carbocycles. The summed E-state index contributed by atoms with van der Waals surface area (Å²) in [6.07, 6.45) is 2.06. The molecule has 0 spiro atoms. The number of halogens is 1. The van der Waals surface area contributed by atoms with E-state index in [0.29, 0.717) is 6.61 Å². The third-order valence-corrected chi connectivity index (χ3v) is 2.48. The molecule has 2 N–H and O–H groups in total. The van der Waals surface area contributed by atoms with Crippen LogP contribution in [0.5, 0.6) is 0 Å². The van der Waals surface area contributed by atoms with E-state index in [1.54, 1.807) is 0 Å². The van der Waals surface area contributed by atoms with Crippen molar-refractivity contribution < 1.29 is 19.3 Å². The second kappa shape index (κ2) is 4.88. The molecule has 0 amide bonds. The summed E-state index contributed by atoms with van der Waals surface area (Å²) in [5, 5.41) is 17.5. The number of rotatable bonds is 4. The van der Waals surface area contributed by atoms with Crippen LogP contribution < -0.4 is 0 Å². The number of alkyl halides is 1. The van der Waals surface area contributed by atoms with Crippen LogP contribution in [-0.4, -0.2) is 42.3 Å². The van der Waals surface area contributed by atoms with Crippen molar-refractivity contribution in [3.63, 3.8) is 0 Å². The van der Waals surface area contributed by atoms with Gasteiger partial charge in [-0.1, -0.05) is 0 Å². The van der Waals surface area contributed by atoms with E-state index in [1.165, 1.54) is 0 Å². The summed E-state index contributed by atoms with van der Waals surface area (Å²) in [4.78, 5) is 0. The lowest BCUT2D eigenvalue weighted by molar-refractivity contribution is -0.0291. The monoisotopic (exact) mass is 192 g/mol. The van der Waals surface area contributed by atoms with Crippen molar-refractivity contribution >= 4 is 0 Å². The fourth-order valence-electron chi connectivity index (χ4n) is 1.66. The average molecular weight is 192 g/mol. The van der Waals surface area contributed by atoms with Gasteiger partial charge in [0.25, 0.3) is 0 Å². The first-order valence-electron chi connectivity index (χ1n) is 4.68. The summed E-state index contributed by atoms with van der Waals surface area (Å²) < 4.78 is 18.7. The van der Waals surface area contributed by atoms with Gasteiger partial charge in [-0.05, 0) is 25.2 Å². The average Bonchev–Trinajstić information content (AvgIpc) is 2.19. The van der Waals surface area contributed by atoms with Gasteiger partial charge in [0.2, 0.25) is 0 Å². The van der Waals surface area contributed by atoms with E-state index in [4.69, 9.17) is 14.9 Å². The zero-order valence-electron chi connectivity index (χ0n) is 7.71. The summed E-state index contributed by atoms with van der Waals surface area (Å²) in [6.45, 7) is 0.0692. The first kappa shape index (κ1) is 10.9. The highest BCUT2D eigenvalue weighted by Gasteiger charge is 2.32. The van der Waals surface area contributed by atoms with Crippen LogP contribution in [0.25, 0.3) is 0 Å². The normalized spacial score (nSPS) is 24.7. The Bertz CT molecular complexity index is 142. The Morgan fingerprint density at radius 2 is 2.08 bits per heavy atom. The Hall–Kier alpha value is -0.190. The second-order valence-electron chi connectivity index (χ2n) is 3.75. The Morgan fingerprint density at radius 1 is 1.38 bits per heavy atom. The predicted octanol–water partition coefficient (Wildman–Crippen LogP) is 0.496. The Balaban J connectivity index is 2.35. The molecule has 4 heteroatoms. The number of aliphatic hydroxyl groups is 2. The highest BCUT2D eigenvalue weighted by atomic mass is 19.1. The molecule has 0 aliphatic carbocycles. The maximum absolute atomic E-state index is 13.5. The van der Waals surface area contributed by atoms with Crippen LogP contribution in [0.1, 0.15) is 19.3 Å². The standard InChI is InChI=1S/C9H17FO3/c10-9(6-11,7-12)4-8-2-1-3-13-5-8/h8,11-12H,1-7H2/t8-/m1/s1. The first-order chi connectivity index (χ1) is 6.20. The Morgan fingerprint density at radius 3 is 2.54 bits per heavy atom. The lowest BCUT2D eigenvalue weighted by Gasteiger charge is -2.28. The van der Waals surface area contributed by atoms with Crippen LogP contribution in [0.2, 0.25) is 0 Å². The van der Waals surface area contributed by atoms with Gasteiger partial charge in [0, 0.05) is 13.2 Å². The quantitative estimate of drug-likeness (QED) is 0.681. The van der Waals surface area contributed by atoms with Crippen LogP contribution in [0.3, 0.4) is 0 Å². The smallest absolute Gasteiger partial charge is 0.157 e. The van der Waals surface area contributed by atoms with Crippen LogP contribution in [-0.2, 0) is 4.74 Å². The molecule has 1 heterocycles. The van der Waals surface area contributed by atoms with Gasteiger partial charge in [-0.25, -0.2) is 4.39 Å². The Kier molecular flexibility index (Phi) is 4.09. The van der Waals surface area contributed by atoms with E-state index >= 15 is 0 Å². The summed E-state index contributed by atoms with van der Waals surface area (Å²) in [7, 11) is 0. The van der Waals surface area contributed by atoms with Crippen molar-refractivity contribution in [2.75, 3.05) is 26.4 Å². The van der Waals surface area contributed by atoms with Crippen molar-refractivity contribution in [1.82, 2.24) is 0 Å². The van der Waals surface area contributed by atoms with E-state index in [-0.39, 0.29) is 12.3 Å². The van der Waals surface area contributed by atoms with Gasteiger partial charge in [-0.15, -0.1) is 0 Å². The van der Waals surface area contributed by atoms with Crippen molar-refractivity contribution in [3.05, 3.63) is 0 Å². The van der Waals surface area contributed by atoms with Gasteiger partial charge < -0.3 is 14.9 Å². The molecular formula is C9H17FO3. The molecule has 13 heavy (non-hydrogen) atoms. The molecule has 1 atom stereocenters. The van der Waals surface area contributed by atoms with Crippen molar-refractivity contribution in [2.45, 2.75) is 24.9 Å². The first-order valence-corrected chi connectivity index (χ1v) is 4.68. The lowest BCUT2D eigenvalue weighted by Crippen LogP contribution is -2.36. The molecule has 0 aromatic heterocycles. The van der Waals surface area contributed by atoms with Gasteiger partial charge in [0.15, 0.2) is 5.67 Å². The highest BCUT2D eigenvalue weighted by molar-refractivity contribution is 4.81. The van der Waals surface area contributed by atoms with Crippen molar-refractivity contribution in [1.29, 1.82) is 0 Å². The van der Waals surface area contributed by atoms with Gasteiger partial charge in [0.1, 0.15) is 0 Å². The minimum Gasteiger partial charge on any atom is -0.393 e. The van der Waals surface area contributed by atoms with Crippen molar-refractivity contribution in [2.24, 2.45) is 5.92 Å². The fraction of sp³-hybridized carbons (Fsp3) is 1.00. The minimum atomic E-state index is -1.83.